The van der Waals surface area contributed by atoms with Gasteiger partial charge in [-0.2, -0.15) is 0 Å². The highest BCUT2D eigenvalue weighted by molar-refractivity contribution is 6.31. The summed E-state index contributed by atoms with van der Waals surface area (Å²) < 4.78 is 0. The Morgan fingerprint density at radius 1 is 1.35 bits per heavy atom. The Hall–Kier alpha value is -0.730. The number of halogens is 1. The number of hydrogen-bond acceptors (Lipinski definition) is 2. The van der Waals surface area contributed by atoms with E-state index in [1.807, 2.05) is 0 Å². The third kappa shape index (κ3) is 4.13. The van der Waals surface area contributed by atoms with Crippen LogP contribution in [0.3, 0.4) is 0 Å². The zero-order valence-electron chi connectivity index (χ0n) is 13.3. The fourth-order valence-corrected chi connectivity index (χ4v) is 2.63. The largest absolute Gasteiger partial charge is 0.372 e. The molecule has 1 saturated carbocycles. The van der Waals surface area contributed by atoms with E-state index >= 15 is 0 Å². The predicted molar refractivity (Wildman–Crippen MR) is 88.6 cm³/mol. The molecular weight excluding hydrogens is 268 g/mol. The fraction of sp³-hybridized carbons (Fsp3) is 0.647. The highest BCUT2D eigenvalue weighted by Crippen LogP contribution is 2.36. The Kier molecular flexibility index (Phi) is 4.66. The monoisotopic (exact) mass is 294 g/mol. The lowest BCUT2D eigenvalue weighted by Gasteiger charge is -2.28. The van der Waals surface area contributed by atoms with Gasteiger partial charge in [0.05, 0.1) is 0 Å². The Balaban J connectivity index is 2.04. The number of anilines is 1. The molecule has 112 valence electrons. The maximum atomic E-state index is 6.44. The van der Waals surface area contributed by atoms with E-state index in [1.165, 1.54) is 18.5 Å². The summed E-state index contributed by atoms with van der Waals surface area (Å²) in [5, 5.41) is 4.34. The van der Waals surface area contributed by atoms with Crippen molar-refractivity contribution in [2.45, 2.75) is 58.7 Å². The summed E-state index contributed by atoms with van der Waals surface area (Å²) in [6.45, 7) is 9.62. The summed E-state index contributed by atoms with van der Waals surface area (Å²) in [6.07, 6.45) is 2.74. The second-order valence-electron chi connectivity index (χ2n) is 7.07. The smallest absolute Gasteiger partial charge is 0.0471 e. The standard InChI is InChI=1S/C17H27ClN2/c1-12(13-6-7-13)20(5)15-9-8-14(16(18)10-15)11-19-17(2,3)4/h8-10,12-13,19H,6-7,11H2,1-5H3. The molecule has 0 heterocycles. The Morgan fingerprint density at radius 2 is 2.00 bits per heavy atom. The van der Waals surface area contributed by atoms with Gasteiger partial charge in [0.2, 0.25) is 0 Å². The van der Waals surface area contributed by atoms with Crippen molar-refractivity contribution in [2.24, 2.45) is 5.92 Å². The van der Waals surface area contributed by atoms with E-state index in [9.17, 15) is 0 Å². The molecule has 0 aromatic heterocycles. The quantitative estimate of drug-likeness (QED) is 0.862. The Labute approximate surface area is 128 Å². The van der Waals surface area contributed by atoms with Gasteiger partial charge in [0.15, 0.2) is 0 Å². The van der Waals surface area contributed by atoms with Crippen molar-refractivity contribution in [3.63, 3.8) is 0 Å². The Bertz CT molecular complexity index is 461. The van der Waals surface area contributed by atoms with Crippen molar-refractivity contribution in [2.75, 3.05) is 11.9 Å². The van der Waals surface area contributed by atoms with Crippen molar-refractivity contribution in [3.05, 3.63) is 28.8 Å². The molecule has 1 N–H and O–H groups in total. The van der Waals surface area contributed by atoms with Gasteiger partial charge in [-0.3, -0.25) is 0 Å². The van der Waals surface area contributed by atoms with Crippen LogP contribution in [-0.4, -0.2) is 18.6 Å². The highest BCUT2D eigenvalue weighted by Gasteiger charge is 2.30. The van der Waals surface area contributed by atoms with Gasteiger partial charge in [-0.1, -0.05) is 17.7 Å². The molecule has 2 rings (SSSR count). The maximum Gasteiger partial charge on any atom is 0.0471 e. The molecule has 1 atom stereocenters. The minimum absolute atomic E-state index is 0.110. The summed E-state index contributed by atoms with van der Waals surface area (Å²) in [4.78, 5) is 2.35. The normalized spacial score (nSPS) is 17.1. The van der Waals surface area contributed by atoms with Gasteiger partial charge < -0.3 is 10.2 Å². The summed E-state index contributed by atoms with van der Waals surface area (Å²) >= 11 is 6.44. The summed E-state index contributed by atoms with van der Waals surface area (Å²) in [5.41, 5.74) is 2.49. The molecule has 0 bridgehead atoms. The molecule has 1 unspecified atom stereocenters. The van der Waals surface area contributed by atoms with Crippen LogP contribution >= 0.6 is 11.6 Å². The minimum Gasteiger partial charge on any atom is -0.372 e. The van der Waals surface area contributed by atoms with Crippen molar-refractivity contribution >= 4 is 17.3 Å². The lowest BCUT2D eigenvalue weighted by Crippen LogP contribution is -2.35. The van der Waals surface area contributed by atoms with E-state index in [0.717, 1.165) is 23.0 Å². The lowest BCUT2D eigenvalue weighted by molar-refractivity contribution is 0.424. The first kappa shape index (κ1) is 15.7. The van der Waals surface area contributed by atoms with E-state index in [4.69, 9.17) is 11.6 Å². The molecule has 0 radical (unpaired) electrons. The average molecular weight is 295 g/mol. The van der Waals surface area contributed by atoms with Gasteiger partial charge in [0.25, 0.3) is 0 Å². The SMILES string of the molecule is CC(C1CC1)N(C)c1ccc(CNC(C)(C)C)c(Cl)c1. The number of hydrogen-bond donors (Lipinski definition) is 1. The zero-order valence-corrected chi connectivity index (χ0v) is 14.1. The number of benzene rings is 1. The van der Waals surface area contributed by atoms with Gasteiger partial charge in [0.1, 0.15) is 0 Å². The molecular formula is C17H27ClN2. The molecule has 0 aliphatic heterocycles. The van der Waals surface area contributed by atoms with Crippen molar-refractivity contribution in [3.8, 4) is 0 Å². The Morgan fingerprint density at radius 3 is 2.50 bits per heavy atom. The van der Waals surface area contributed by atoms with Gasteiger partial charge in [-0.15, -0.1) is 0 Å². The van der Waals surface area contributed by atoms with E-state index in [2.05, 4.69) is 63.2 Å². The molecule has 1 aliphatic carbocycles. The average Bonchev–Trinajstić information content (AvgIpc) is 3.18. The third-order valence-corrected chi connectivity index (χ3v) is 4.52. The van der Waals surface area contributed by atoms with Gasteiger partial charge in [-0.05, 0) is 64.2 Å². The van der Waals surface area contributed by atoms with Crippen LogP contribution in [0.15, 0.2) is 18.2 Å². The molecule has 0 spiro atoms. The van der Waals surface area contributed by atoms with E-state index in [-0.39, 0.29) is 5.54 Å². The zero-order chi connectivity index (χ0) is 14.9. The number of nitrogens with one attached hydrogen (secondary N) is 1. The van der Waals surface area contributed by atoms with Crippen molar-refractivity contribution < 1.29 is 0 Å². The maximum absolute atomic E-state index is 6.44. The van der Waals surface area contributed by atoms with Gasteiger partial charge in [0, 0.05) is 35.9 Å². The molecule has 3 heteroatoms. The van der Waals surface area contributed by atoms with E-state index in [1.54, 1.807) is 0 Å². The molecule has 20 heavy (non-hydrogen) atoms. The van der Waals surface area contributed by atoms with Crippen LogP contribution in [0.4, 0.5) is 5.69 Å². The van der Waals surface area contributed by atoms with Crippen LogP contribution < -0.4 is 10.2 Å². The third-order valence-electron chi connectivity index (χ3n) is 4.17. The first-order chi connectivity index (χ1) is 9.28. The van der Waals surface area contributed by atoms with Crippen LogP contribution in [0.1, 0.15) is 46.1 Å². The fourth-order valence-electron chi connectivity index (χ4n) is 2.39. The van der Waals surface area contributed by atoms with Gasteiger partial charge >= 0.3 is 0 Å². The molecule has 0 amide bonds. The van der Waals surface area contributed by atoms with Crippen molar-refractivity contribution in [1.29, 1.82) is 0 Å². The topological polar surface area (TPSA) is 15.3 Å². The predicted octanol–water partition coefficient (Wildman–Crippen LogP) is 4.46. The van der Waals surface area contributed by atoms with Crippen LogP contribution in [0.2, 0.25) is 5.02 Å². The molecule has 2 nitrogen and oxygen atoms in total. The summed E-state index contributed by atoms with van der Waals surface area (Å²) in [6, 6.07) is 7.03. The van der Waals surface area contributed by atoms with Crippen LogP contribution in [-0.2, 0) is 6.54 Å². The first-order valence-corrected chi connectivity index (χ1v) is 7.92. The second kappa shape index (κ2) is 5.95. The second-order valence-corrected chi connectivity index (χ2v) is 7.48. The molecule has 1 fully saturated rings. The molecule has 1 aromatic rings. The number of rotatable bonds is 5. The van der Waals surface area contributed by atoms with Crippen molar-refractivity contribution in [1.82, 2.24) is 5.32 Å². The lowest BCUT2D eigenvalue weighted by atomic mass is 10.1. The number of nitrogens with zero attached hydrogens (tertiary/aromatic N) is 1. The molecule has 1 aliphatic rings. The van der Waals surface area contributed by atoms with Crippen LogP contribution in [0, 0.1) is 5.92 Å². The molecule has 0 saturated heterocycles. The minimum atomic E-state index is 0.110. The summed E-state index contributed by atoms with van der Waals surface area (Å²) in [5.74, 6) is 0.862. The van der Waals surface area contributed by atoms with E-state index < -0.39 is 0 Å². The van der Waals surface area contributed by atoms with Crippen LogP contribution in [0.5, 0.6) is 0 Å². The summed E-state index contributed by atoms with van der Waals surface area (Å²) in [7, 11) is 2.17. The first-order valence-electron chi connectivity index (χ1n) is 7.54. The van der Waals surface area contributed by atoms with E-state index in [0.29, 0.717) is 6.04 Å². The highest BCUT2D eigenvalue weighted by atomic mass is 35.5. The van der Waals surface area contributed by atoms with Crippen LogP contribution in [0.25, 0.3) is 0 Å². The molecule has 1 aromatic carbocycles. The van der Waals surface area contributed by atoms with Gasteiger partial charge in [-0.25, -0.2) is 0 Å².